The average Bonchev–Trinajstić information content (AvgIpc) is 3.25. The van der Waals surface area contributed by atoms with E-state index in [4.69, 9.17) is 23.2 Å². The van der Waals surface area contributed by atoms with Gasteiger partial charge in [-0.25, -0.2) is 9.50 Å². The highest BCUT2D eigenvalue weighted by atomic mass is 35.5. The zero-order chi connectivity index (χ0) is 19.0. The first-order valence-corrected chi connectivity index (χ1v) is 9.50. The van der Waals surface area contributed by atoms with Crippen molar-refractivity contribution in [2.75, 3.05) is 0 Å². The van der Waals surface area contributed by atoms with Crippen molar-refractivity contribution in [3.05, 3.63) is 74.0 Å². The zero-order valence-electron chi connectivity index (χ0n) is 14.0. The molecule has 0 spiro atoms. The molecule has 0 aliphatic carbocycles. The predicted octanol–water partition coefficient (Wildman–Crippen LogP) is 3.39. The van der Waals surface area contributed by atoms with Crippen LogP contribution in [-0.4, -0.2) is 30.1 Å². The summed E-state index contributed by atoms with van der Waals surface area (Å²) in [7, 11) is 0. The first-order chi connectivity index (χ1) is 13.0. The van der Waals surface area contributed by atoms with E-state index in [-0.39, 0.29) is 5.82 Å². The molecule has 4 rings (SSSR count). The fraction of sp³-hybridized carbons (Fsp3) is 0.118. The van der Waals surface area contributed by atoms with E-state index < -0.39 is 5.91 Å². The highest BCUT2D eigenvalue weighted by Crippen LogP contribution is 2.21. The van der Waals surface area contributed by atoms with Crippen molar-refractivity contribution in [1.82, 2.24) is 24.1 Å². The fourth-order valence-electron chi connectivity index (χ4n) is 2.47. The van der Waals surface area contributed by atoms with Gasteiger partial charge in [0.05, 0.1) is 6.54 Å². The number of carbonyl (C=O) groups excluding carboxylic acids is 1. The highest BCUT2D eigenvalue weighted by Gasteiger charge is 2.14. The van der Waals surface area contributed by atoms with Gasteiger partial charge in [-0.05, 0) is 30.7 Å². The van der Waals surface area contributed by atoms with E-state index in [0.717, 1.165) is 11.3 Å². The molecular formula is C17H12Cl2N6OS. The van der Waals surface area contributed by atoms with E-state index in [9.17, 15) is 4.79 Å². The van der Waals surface area contributed by atoms with E-state index in [1.54, 1.807) is 24.4 Å². The number of aryl methyl sites for hydroxylation is 1. The molecule has 1 aromatic carbocycles. The Morgan fingerprint density at radius 1 is 1.30 bits per heavy atom. The van der Waals surface area contributed by atoms with Crippen molar-refractivity contribution >= 4 is 46.2 Å². The lowest BCUT2D eigenvalue weighted by atomic mass is 10.2. The van der Waals surface area contributed by atoms with Crippen LogP contribution in [0.3, 0.4) is 0 Å². The number of halogens is 2. The molecule has 0 N–H and O–H groups in total. The summed E-state index contributed by atoms with van der Waals surface area (Å²) < 4.78 is 3.34. The monoisotopic (exact) mass is 418 g/mol. The van der Waals surface area contributed by atoms with Gasteiger partial charge in [0.25, 0.3) is 5.78 Å². The van der Waals surface area contributed by atoms with Crippen molar-refractivity contribution in [2.45, 2.75) is 13.5 Å². The maximum atomic E-state index is 12.5. The van der Waals surface area contributed by atoms with Crippen molar-refractivity contribution < 1.29 is 4.79 Å². The Bertz CT molecular complexity index is 1230. The van der Waals surface area contributed by atoms with Crippen LogP contribution in [0.25, 0.3) is 5.78 Å². The molecule has 1 amide bonds. The number of rotatable bonds is 3. The third kappa shape index (κ3) is 3.64. The lowest BCUT2D eigenvalue weighted by Gasteiger charge is -2.06. The average molecular weight is 419 g/mol. The topological polar surface area (TPSA) is 77.4 Å². The summed E-state index contributed by atoms with van der Waals surface area (Å²) in [4.78, 5) is 25.5. The number of carbonyl (C=O) groups is 1. The number of aromatic nitrogens is 5. The van der Waals surface area contributed by atoms with Crippen LogP contribution in [0, 0.1) is 6.92 Å². The number of fused-ring (bicyclic) bond motifs is 1. The molecule has 0 atom stereocenters. The van der Waals surface area contributed by atoms with Crippen LogP contribution in [-0.2, 0) is 6.54 Å². The molecule has 136 valence electrons. The number of hydrogen-bond donors (Lipinski definition) is 0. The fourth-order valence-corrected chi connectivity index (χ4v) is 3.67. The number of amides is 1. The van der Waals surface area contributed by atoms with Gasteiger partial charge in [-0.1, -0.05) is 29.3 Å². The van der Waals surface area contributed by atoms with Crippen LogP contribution in [0.1, 0.15) is 21.9 Å². The minimum absolute atomic E-state index is 0.00118. The van der Waals surface area contributed by atoms with Crippen LogP contribution in [0.5, 0.6) is 0 Å². The van der Waals surface area contributed by atoms with E-state index >= 15 is 0 Å². The van der Waals surface area contributed by atoms with Gasteiger partial charge in [0.1, 0.15) is 0 Å². The van der Waals surface area contributed by atoms with Crippen LogP contribution in [0.2, 0.25) is 10.0 Å². The highest BCUT2D eigenvalue weighted by molar-refractivity contribution is 7.07. The van der Waals surface area contributed by atoms with Crippen LogP contribution in [0.4, 0.5) is 0 Å². The standard InChI is InChI=1S/C17H12Cl2N6OS/c1-10-4-5-20-16-21-14(23-25(10)16)15(26)22-17-24(6-7-27-17)9-11-2-3-12(18)8-13(11)19/h2-8H,9H2,1H3. The van der Waals surface area contributed by atoms with Gasteiger partial charge >= 0.3 is 5.91 Å². The maximum absolute atomic E-state index is 12.5. The third-order valence-corrected chi connectivity index (χ3v) is 5.22. The summed E-state index contributed by atoms with van der Waals surface area (Å²) in [5, 5.41) is 7.16. The molecule has 0 aliphatic heterocycles. The largest absolute Gasteiger partial charge is 0.319 e. The van der Waals surface area contributed by atoms with Crippen molar-refractivity contribution in [3.8, 4) is 0 Å². The van der Waals surface area contributed by atoms with E-state index in [1.807, 2.05) is 29.1 Å². The lowest BCUT2D eigenvalue weighted by Crippen LogP contribution is -2.17. The molecule has 3 heterocycles. The van der Waals surface area contributed by atoms with Gasteiger partial charge in [-0.3, -0.25) is 4.79 Å². The molecule has 27 heavy (non-hydrogen) atoms. The molecule has 0 unspecified atom stereocenters. The molecule has 0 bridgehead atoms. The number of hydrogen-bond acceptors (Lipinski definition) is 5. The second-order valence-electron chi connectivity index (χ2n) is 5.70. The number of benzene rings is 1. The van der Waals surface area contributed by atoms with E-state index in [0.29, 0.717) is 27.2 Å². The summed E-state index contributed by atoms with van der Waals surface area (Å²) >= 11 is 13.5. The van der Waals surface area contributed by atoms with Gasteiger partial charge in [0, 0.05) is 33.5 Å². The zero-order valence-corrected chi connectivity index (χ0v) is 16.3. The molecular weight excluding hydrogens is 407 g/mol. The SMILES string of the molecule is Cc1ccnc2nc(C(=O)N=c3sccn3Cc3ccc(Cl)cc3Cl)nn12. The van der Waals surface area contributed by atoms with Gasteiger partial charge in [0.15, 0.2) is 4.80 Å². The first kappa shape index (κ1) is 17.8. The summed E-state index contributed by atoms with van der Waals surface area (Å²) in [6, 6.07) is 7.09. The van der Waals surface area contributed by atoms with Crippen molar-refractivity contribution in [1.29, 1.82) is 0 Å². The number of thiazole rings is 1. The molecule has 0 fully saturated rings. The van der Waals surface area contributed by atoms with Gasteiger partial charge in [0.2, 0.25) is 5.82 Å². The van der Waals surface area contributed by atoms with Crippen molar-refractivity contribution in [3.63, 3.8) is 0 Å². The number of nitrogens with zero attached hydrogens (tertiary/aromatic N) is 6. The lowest BCUT2D eigenvalue weighted by molar-refractivity contribution is 0.0988. The smallest absolute Gasteiger partial charge is 0.319 e. The molecule has 0 radical (unpaired) electrons. The molecule has 0 saturated heterocycles. The predicted molar refractivity (Wildman–Crippen MR) is 103 cm³/mol. The van der Waals surface area contributed by atoms with Crippen LogP contribution < -0.4 is 4.80 Å². The van der Waals surface area contributed by atoms with Crippen LogP contribution in [0.15, 0.2) is 47.0 Å². The second-order valence-corrected chi connectivity index (χ2v) is 7.42. The Labute approximate surface area is 167 Å². The molecule has 4 aromatic rings. The summed E-state index contributed by atoms with van der Waals surface area (Å²) in [5.74, 6) is -0.167. The Hall–Kier alpha value is -2.55. The second kappa shape index (κ2) is 7.22. The molecule has 0 aliphatic rings. The minimum Gasteiger partial charge on any atom is -0.319 e. The van der Waals surface area contributed by atoms with E-state index in [2.05, 4.69) is 20.1 Å². The van der Waals surface area contributed by atoms with Gasteiger partial charge in [-0.15, -0.1) is 16.4 Å². The van der Waals surface area contributed by atoms with Crippen molar-refractivity contribution in [2.24, 2.45) is 4.99 Å². The molecule has 7 nitrogen and oxygen atoms in total. The maximum Gasteiger partial charge on any atom is 0.319 e. The third-order valence-electron chi connectivity index (χ3n) is 3.83. The van der Waals surface area contributed by atoms with Crippen LogP contribution >= 0.6 is 34.5 Å². The quantitative estimate of drug-likeness (QED) is 0.510. The van der Waals surface area contributed by atoms with Gasteiger partial charge < -0.3 is 4.57 Å². The normalized spacial score (nSPS) is 12.0. The van der Waals surface area contributed by atoms with E-state index in [1.165, 1.54) is 15.9 Å². The minimum atomic E-state index is -0.529. The Kier molecular flexibility index (Phi) is 4.77. The molecule has 10 heteroatoms. The molecule has 0 saturated carbocycles. The Balaban J connectivity index is 1.67. The molecule has 3 aromatic heterocycles. The Morgan fingerprint density at radius 3 is 2.93 bits per heavy atom. The first-order valence-electron chi connectivity index (χ1n) is 7.86. The summed E-state index contributed by atoms with van der Waals surface area (Å²) in [5.41, 5.74) is 1.70. The summed E-state index contributed by atoms with van der Waals surface area (Å²) in [6.45, 7) is 2.32. The Morgan fingerprint density at radius 2 is 2.15 bits per heavy atom. The summed E-state index contributed by atoms with van der Waals surface area (Å²) in [6.07, 6.45) is 3.46. The van der Waals surface area contributed by atoms with Gasteiger partial charge in [-0.2, -0.15) is 9.98 Å².